The molecule has 0 amide bonds. The first-order chi connectivity index (χ1) is 28.7. The fourth-order valence-corrected chi connectivity index (χ4v) is 8.53. The van der Waals surface area contributed by atoms with Gasteiger partial charge in [0.25, 0.3) is 0 Å². The second-order valence-electron chi connectivity index (χ2n) is 14.3. The summed E-state index contributed by atoms with van der Waals surface area (Å²) in [7, 11) is 21.7. The molecular formula is C38H70O21. The highest BCUT2D eigenvalue weighted by molar-refractivity contribution is 5.00. The molecule has 4 fully saturated rings. The maximum Gasteiger partial charge on any atom is 0.187 e. The molecule has 4 heterocycles. The fraction of sp³-hybridized carbons (Fsp3) is 1.00. The lowest BCUT2D eigenvalue weighted by Crippen LogP contribution is -2.68. The molecule has 0 aromatic carbocycles. The van der Waals surface area contributed by atoms with E-state index in [4.69, 9.17) is 99.5 Å². The normalized spacial score (nSPS) is 43.2. The van der Waals surface area contributed by atoms with Crippen LogP contribution in [0.2, 0.25) is 0 Å². The summed E-state index contributed by atoms with van der Waals surface area (Å²) >= 11 is 0. The lowest BCUT2D eigenvalue weighted by molar-refractivity contribution is -0.394. The highest BCUT2D eigenvalue weighted by Crippen LogP contribution is 2.38. The largest absolute Gasteiger partial charge is 0.382 e. The number of methoxy groups -OCH3 is 14. The second kappa shape index (κ2) is 25.5. The minimum atomic E-state index is -1.08. The van der Waals surface area contributed by atoms with Gasteiger partial charge in [-0.2, -0.15) is 0 Å². The summed E-state index contributed by atoms with van der Waals surface area (Å²) in [5, 5.41) is 0. The van der Waals surface area contributed by atoms with Gasteiger partial charge < -0.3 is 99.5 Å². The van der Waals surface area contributed by atoms with Gasteiger partial charge in [0.1, 0.15) is 97.7 Å². The number of ether oxygens (including phenoxy) is 21. The average molecular weight is 863 g/mol. The summed E-state index contributed by atoms with van der Waals surface area (Å²) in [5.74, 6) is 0. The van der Waals surface area contributed by atoms with Crippen LogP contribution in [0.1, 0.15) is 0 Å². The van der Waals surface area contributed by atoms with E-state index in [0.717, 1.165) is 0 Å². The molecule has 0 radical (unpaired) electrons. The van der Waals surface area contributed by atoms with Crippen molar-refractivity contribution in [1.29, 1.82) is 0 Å². The van der Waals surface area contributed by atoms with Crippen LogP contribution < -0.4 is 0 Å². The summed E-state index contributed by atoms with van der Waals surface area (Å²) in [6, 6.07) is 0. The first kappa shape index (κ1) is 50.8. The third-order valence-corrected chi connectivity index (χ3v) is 11.2. The van der Waals surface area contributed by atoms with Crippen LogP contribution in [0.15, 0.2) is 0 Å². The van der Waals surface area contributed by atoms with Gasteiger partial charge in [-0.25, -0.2) is 0 Å². The van der Waals surface area contributed by atoms with Crippen LogP contribution in [0.4, 0.5) is 0 Å². The van der Waals surface area contributed by atoms with Crippen LogP contribution in [0.25, 0.3) is 0 Å². The Morgan fingerprint density at radius 3 is 0.695 bits per heavy atom. The van der Waals surface area contributed by atoms with E-state index < -0.39 is 123 Å². The van der Waals surface area contributed by atoms with Gasteiger partial charge in [-0.05, 0) is 0 Å². The minimum Gasteiger partial charge on any atom is -0.382 e. The molecule has 0 saturated carbocycles. The highest BCUT2D eigenvalue weighted by Gasteiger charge is 2.57. The molecule has 59 heavy (non-hydrogen) atoms. The van der Waals surface area contributed by atoms with Gasteiger partial charge in [0.05, 0.1) is 26.4 Å². The van der Waals surface area contributed by atoms with Crippen LogP contribution in [0, 0.1) is 0 Å². The molecule has 0 aromatic heterocycles. The van der Waals surface area contributed by atoms with Crippen molar-refractivity contribution < 1.29 is 99.5 Å². The van der Waals surface area contributed by atoms with Crippen molar-refractivity contribution in [3.8, 4) is 0 Å². The molecule has 0 bridgehead atoms. The van der Waals surface area contributed by atoms with Crippen molar-refractivity contribution in [3.63, 3.8) is 0 Å². The number of hydrogen-bond donors (Lipinski definition) is 0. The molecule has 4 rings (SSSR count). The van der Waals surface area contributed by atoms with Gasteiger partial charge in [0.2, 0.25) is 0 Å². The molecule has 0 aromatic rings. The van der Waals surface area contributed by atoms with Crippen molar-refractivity contribution in [2.45, 2.75) is 123 Å². The van der Waals surface area contributed by atoms with Crippen molar-refractivity contribution in [2.75, 3.05) is 126 Å². The van der Waals surface area contributed by atoms with Gasteiger partial charge in [-0.1, -0.05) is 0 Å². The van der Waals surface area contributed by atoms with E-state index in [-0.39, 0.29) is 26.4 Å². The molecule has 4 aliphatic heterocycles. The molecule has 4 aliphatic rings. The molecule has 0 unspecified atom stereocenters. The van der Waals surface area contributed by atoms with Crippen molar-refractivity contribution in [3.05, 3.63) is 0 Å². The summed E-state index contributed by atoms with van der Waals surface area (Å²) in [4.78, 5) is 0. The molecule has 20 atom stereocenters. The van der Waals surface area contributed by atoms with Crippen molar-refractivity contribution in [2.24, 2.45) is 0 Å². The second-order valence-corrected chi connectivity index (χ2v) is 14.3. The van der Waals surface area contributed by atoms with Gasteiger partial charge in [0, 0.05) is 99.5 Å². The Balaban J connectivity index is 1.63. The topological polar surface area (TPSA) is 194 Å². The Kier molecular flexibility index (Phi) is 21.9. The van der Waals surface area contributed by atoms with E-state index in [1.54, 1.807) is 78.2 Å². The van der Waals surface area contributed by atoms with Crippen LogP contribution >= 0.6 is 0 Å². The maximum absolute atomic E-state index is 6.82. The molecule has 21 nitrogen and oxygen atoms in total. The van der Waals surface area contributed by atoms with E-state index in [2.05, 4.69) is 0 Å². The van der Waals surface area contributed by atoms with Crippen LogP contribution in [0.5, 0.6) is 0 Å². The third-order valence-electron chi connectivity index (χ3n) is 11.2. The quantitative estimate of drug-likeness (QED) is 0.119. The van der Waals surface area contributed by atoms with Crippen molar-refractivity contribution in [1.82, 2.24) is 0 Å². The summed E-state index contributed by atoms with van der Waals surface area (Å²) in [5.41, 5.74) is 0. The molecule has 21 heteroatoms. The summed E-state index contributed by atoms with van der Waals surface area (Å²) in [6.45, 7) is 0.510. The number of rotatable bonds is 24. The van der Waals surface area contributed by atoms with Crippen LogP contribution in [0.3, 0.4) is 0 Å². The molecular weight excluding hydrogens is 792 g/mol. The summed E-state index contributed by atoms with van der Waals surface area (Å²) in [6.07, 6.45) is -15.4. The monoisotopic (exact) mass is 862 g/mol. The van der Waals surface area contributed by atoms with E-state index in [1.807, 2.05) is 0 Å². The number of hydrogen-bond acceptors (Lipinski definition) is 21. The molecule has 0 N–H and O–H groups in total. The highest BCUT2D eigenvalue weighted by atomic mass is 16.8. The lowest BCUT2D eigenvalue weighted by Gasteiger charge is -2.51. The zero-order valence-corrected chi connectivity index (χ0v) is 36.9. The van der Waals surface area contributed by atoms with E-state index in [0.29, 0.717) is 0 Å². The van der Waals surface area contributed by atoms with Gasteiger partial charge >= 0.3 is 0 Å². The third kappa shape index (κ3) is 11.5. The van der Waals surface area contributed by atoms with E-state index in [9.17, 15) is 0 Å². The molecule has 0 aliphatic carbocycles. The predicted octanol–water partition coefficient (Wildman–Crippen LogP) is -0.591. The lowest BCUT2D eigenvalue weighted by atomic mass is 9.95. The Morgan fingerprint density at radius 1 is 0.237 bits per heavy atom. The molecule has 348 valence electrons. The SMILES string of the molecule is COC[C@H]1O[C@H](O[C@H]2[C@H](OC)[C@@H](OC)[C@@H](O[C@H]3[C@H](OC)[C@@H](OC)[C@@H](O[C@H]4[C@H](OC)[C@@H](OC)[C@H](OC)O[C@@H]4COC)O[C@@H]3COC)O[C@@H]2COC)[C@H](OC)[C@@H](OC)[C@@H]1OC. The standard InChI is InChI=1S/C38H70O21/c1-39-15-19-23(43-5)27(44-6)32(49-11)36(54-19)58-25-21(17-41-3)56-38(34(51-13)29(25)46-8)59-26-22(18-42-4)55-37(33(50-12)30(26)47-9)57-24-20(16-40-2)53-35(52-14)31(48-10)28(24)45-7/h19-38H,15-18H2,1-14H3/t19-,20-,21-,22-,23-,24-,25-,26-,27+,28+,29+,30+,31-,32-,33-,34-,35-,36-,37-,38-/m1/s1. The van der Waals surface area contributed by atoms with Gasteiger partial charge in [0.15, 0.2) is 25.2 Å². The Labute approximate surface area is 348 Å². The first-order valence-electron chi connectivity index (χ1n) is 19.5. The minimum absolute atomic E-state index is 0.0676. The Morgan fingerprint density at radius 2 is 0.458 bits per heavy atom. The fourth-order valence-electron chi connectivity index (χ4n) is 8.53. The zero-order valence-electron chi connectivity index (χ0n) is 36.9. The van der Waals surface area contributed by atoms with Crippen molar-refractivity contribution >= 4 is 0 Å². The Hall–Kier alpha value is -0.840. The molecule has 0 spiro atoms. The first-order valence-corrected chi connectivity index (χ1v) is 19.5. The van der Waals surface area contributed by atoms with Crippen LogP contribution in [-0.4, -0.2) is 249 Å². The van der Waals surface area contributed by atoms with Gasteiger partial charge in [-0.3, -0.25) is 0 Å². The average Bonchev–Trinajstić information content (AvgIpc) is 3.24. The molecule has 4 saturated heterocycles. The van der Waals surface area contributed by atoms with Gasteiger partial charge in [-0.15, -0.1) is 0 Å². The summed E-state index contributed by atoms with van der Waals surface area (Å²) < 4.78 is 127. The van der Waals surface area contributed by atoms with E-state index >= 15 is 0 Å². The smallest absolute Gasteiger partial charge is 0.187 e. The zero-order chi connectivity index (χ0) is 43.2. The predicted molar refractivity (Wildman–Crippen MR) is 201 cm³/mol. The van der Waals surface area contributed by atoms with E-state index in [1.165, 1.54) is 21.3 Å². The Bertz CT molecular complexity index is 1150. The van der Waals surface area contributed by atoms with Crippen LogP contribution in [-0.2, 0) is 99.5 Å². The maximum atomic E-state index is 6.82.